The van der Waals surface area contributed by atoms with Crippen LogP contribution in [-0.2, 0) is 4.74 Å². The first-order valence-electron chi connectivity index (χ1n) is 7.53. The molecule has 0 bridgehead atoms. The number of anilines is 3. The van der Waals surface area contributed by atoms with Gasteiger partial charge in [0, 0.05) is 25.3 Å². The summed E-state index contributed by atoms with van der Waals surface area (Å²) in [6.07, 6.45) is 2.30. The second kappa shape index (κ2) is 6.87. The lowest BCUT2D eigenvalue weighted by Crippen LogP contribution is -2.19. The standard InChI is InChI=1S/C16H18F2N4O/c1-10-20-15(19-9-12-3-2-6-23-12)8-16(21-10)22-14-5-4-11(17)7-13(14)18/h4-5,7-8,12H,2-3,6,9H2,1H3,(H2,19,20,21,22). The van der Waals surface area contributed by atoms with Gasteiger partial charge in [0.05, 0.1) is 11.8 Å². The Balaban J connectivity index is 1.71. The maximum atomic E-state index is 13.7. The van der Waals surface area contributed by atoms with Crippen LogP contribution in [0.5, 0.6) is 0 Å². The number of nitrogens with zero attached hydrogens (tertiary/aromatic N) is 2. The molecule has 0 amide bonds. The minimum atomic E-state index is -0.671. The Bertz CT molecular complexity index is 690. The molecule has 1 aliphatic rings. The molecule has 1 fully saturated rings. The molecule has 2 aromatic rings. The second-order valence-electron chi connectivity index (χ2n) is 5.45. The largest absolute Gasteiger partial charge is 0.376 e. The molecular weight excluding hydrogens is 302 g/mol. The third-order valence-corrected chi connectivity index (χ3v) is 3.57. The van der Waals surface area contributed by atoms with E-state index in [9.17, 15) is 8.78 Å². The van der Waals surface area contributed by atoms with Crippen molar-refractivity contribution in [1.29, 1.82) is 0 Å². The number of hydrogen-bond donors (Lipinski definition) is 2. The van der Waals surface area contributed by atoms with Crippen LogP contribution in [0.25, 0.3) is 0 Å². The van der Waals surface area contributed by atoms with Crippen LogP contribution in [0.15, 0.2) is 24.3 Å². The van der Waals surface area contributed by atoms with Crippen LogP contribution >= 0.6 is 0 Å². The van der Waals surface area contributed by atoms with Crippen LogP contribution in [0.3, 0.4) is 0 Å². The van der Waals surface area contributed by atoms with E-state index in [2.05, 4.69) is 20.6 Å². The number of nitrogens with one attached hydrogen (secondary N) is 2. The molecule has 2 N–H and O–H groups in total. The van der Waals surface area contributed by atoms with E-state index in [4.69, 9.17) is 4.74 Å². The van der Waals surface area contributed by atoms with Crippen molar-refractivity contribution in [3.63, 3.8) is 0 Å². The zero-order chi connectivity index (χ0) is 16.2. The van der Waals surface area contributed by atoms with E-state index in [0.29, 0.717) is 24.0 Å². The summed E-state index contributed by atoms with van der Waals surface area (Å²) in [6.45, 7) is 3.22. The zero-order valence-electron chi connectivity index (χ0n) is 12.8. The molecule has 3 rings (SSSR count). The number of rotatable bonds is 5. The van der Waals surface area contributed by atoms with Gasteiger partial charge in [-0.15, -0.1) is 0 Å². The van der Waals surface area contributed by atoms with Gasteiger partial charge in [-0.2, -0.15) is 0 Å². The molecule has 0 spiro atoms. The van der Waals surface area contributed by atoms with Gasteiger partial charge in [-0.1, -0.05) is 0 Å². The lowest BCUT2D eigenvalue weighted by atomic mass is 10.2. The normalized spacial score (nSPS) is 17.3. The van der Waals surface area contributed by atoms with Gasteiger partial charge in [0.2, 0.25) is 0 Å². The molecule has 0 saturated carbocycles. The van der Waals surface area contributed by atoms with Crippen molar-refractivity contribution in [3.8, 4) is 0 Å². The van der Waals surface area contributed by atoms with Crippen LogP contribution < -0.4 is 10.6 Å². The summed E-state index contributed by atoms with van der Waals surface area (Å²) in [6, 6.07) is 5.04. The van der Waals surface area contributed by atoms with Crippen molar-refractivity contribution in [2.75, 3.05) is 23.8 Å². The fraction of sp³-hybridized carbons (Fsp3) is 0.375. The third-order valence-electron chi connectivity index (χ3n) is 3.57. The summed E-state index contributed by atoms with van der Waals surface area (Å²) in [5, 5.41) is 6.05. The first-order chi connectivity index (χ1) is 11.1. The lowest BCUT2D eigenvalue weighted by Gasteiger charge is -2.13. The quantitative estimate of drug-likeness (QED) is 0.884. The van der Waals surface area contributed by atoms with E-state index in [-0.39, 0.29) is 11.8 Å². The first-order valence-corrected chi connectivity index (χ1v) is 7.53. The molecule has 0 radical (unpaired) electrons. The Morgan fingerprint density at radius 1 is 1.22 bits per heavy atom. The van der Waals surface area contributed by atoms with Gasteiger partial charge < -0.3 is 15.4 Å². The SMILES string of the molecule is Cc1nc(NCC2CCCO2)cc(Nc2ccc(F)cc2F)n1. The van der Waals surface area contributed by atoms with Crippen molar-refractivity contribution in [1.82, 2.24) is 9.97 Å². The van der Waals surface area contributed by atoms with Gasteiger partial charge in [0.25, 0.3) is 0 Å². The van der Waals surface area contributed by atoms with Crippen molar-refractivity contribution in [2.24, 2.45) is 0 Å². The summed E-state index contributed by atoms with van der Waals surface area (Å²) >= 11 is 0. The number of hydrogen-bond acceptors (Lipinski definition) is 5. The third kappa shape index (κ3) is 4.13. The topological polar surface area (TPSA) is 59.1 Å². The molecule has 1 saturated heterocycles. The zero-order valence-corrected chi connectivity index (χ0v) is 12.8. The number of halogens is 2. The summed E-state index contributed by atoms with van der Waals surface area (Å²) in [4.78, 5) is 8.52. The monoisotopic (exact) mass is 320 g/mol. The molecule has 1 unspecified atom stereocenters. The summed E-state index contributed by atoms with van der Waals surface area (Å²) in [7, 11) is 0. The van der Waals surface area contributed by atoms with E-state index in [0.717, 1.165) is 25.5 Å². The molecule has 5 nitrogen and oxygen atoms in total. The second-order valence-corrected chi connectivity index (χ2v) is 5.45. The van der Waals surface area contributed by atoms with Gasteiger partial charge in [0.15, 0.2) is 0 Å². The number of aromatic nitrogens is 2. The Labute approximate surface area is 133 Å². The van der Waals surface area contributed by atoms with Crippen molar-refractivity contribution in [2.45, 2.75) is 25.9 Å². The van der Waals surface area contributed by atoms with E-state index in [1.807, 2.05) is 0 Å². The van der Waals surface area contributed by atoms with Crippen molar-refractivity contribution in [3.05, 3.63) is 41.7 Å². The van der Waals surface area contributed by atoms with Crippen LogP contribution in [0, 0.1) is 18.6 Å². The fourth-order valence-electron chi connectivity index (χ4n) is 2.47. The molecule has 122 valence electrons. The van der Waals surface area contributed by atoms with Gasteiger partial charge in [0.1, 0.15) is 29.1 Å². The Kier molecular flexibility index (Phi) is 4.66. The molecule has 7 heteroatoms. The summed E-state index contributed by atoms with van der Waals surface area (Å²) in [5.41, 5.74) is 0.162. The van der Waals surface area contributed by atoms with Gasteiger partial charge in [-0.05, 0) is 31.9 Å². The number of benzene rings is 1. The molecule has 23 heavy (non-hydrogen) atoms. The predicted octanol–water partition coefficient (Wildman–Crippen LogP) is 3.40. The molecule has 1 aromatic heterocycles. The lowest BCUT2D eigenvalue weighted by molar-refractivity contribution is 0.120. The Morgan fingerprint density at radius 3 is 2.78 bits per heavy atom. The Hall–Kier alpha value is -2.28. The highest BCUT2D eigenvalue weighted by molar-refractivity contribution is 5.59. The van der Waals surface area contributed by atoms with E-state index in [1.165, 1.54) is 12.1 Å². The van der Waals surface area contributed by atoms with Crippen LogP contribution in [0.1, 0.15) is 18.7 Å². The van der Waals surface area contributed by atoms with E-state index in [1.54, 1.807) is 13.0 Å². The Morgan fingerprint density at radius 2 is 2.04 bits per heavy atom. The first kappa shape index (κ1) is 15.6. The number of ether oxygens (including phenoxy) is 1. The highest BCUT2D eigenvalue weighted by Crippen LogP contribution is 2.21. The maximum Gasteiger partial charge on any atom is 0.149 e. The van der Waals surface area contributed by atoms with Crippen LogP contribution in [-0.4, -0.2) is 29.2 Å². The van der Waals surface area contributed by atoms with Crippen LogP contribution in [0.2, 0.25) is 0 Å². The smallest absolute Gasteiger partial charge is 0.149 e. The van der Waals surface area contributed by atoms with Crippen molar-refractivity contribution < 1.29 is 13.5 Å². The van der Waals surface area contributed by atoms with Gasteiger partial charge in [-0.3, -0.25) is 0 Å². The molecule has 0 aliphatic carbocycles. The summed E-state index contributed by atoms with van der Waals surface area (Å²) in [5.74, 6) is 0.337. The molecule has 1 aliphatic heterocycles. The minimum absolute atomic E-state index is 0.162. The highest BCUT2D eigenvalue weighted by atomic mass is 19.1. The van der Waals surface area contributed by atoms with Gasteiger partial charge >= 0.3 is 0 Å². The predicted molar refractivity (Wildman–Crippen MR) is 83.9 cm³/mol. The number of aryl methyl sites for hydroxylation is 1. The average molecular weight is 320 g/mol. The molecule has 2 heterocycles. The molecule has 1 atom stereocenters. The fourth-order valence-corrected chi connectivity index (χ4v) is 2.47. The molecule has 1 aromatic carbocycles. The minimum Gasteiger partial charge on any atom is -0.376 e. The van der Waals surface area contributed by atoms with Crippen molar-refractivity contribution >= 4 is 17.3 Å². The highest BCUT2D eigenvalue weighted by Gasteiger charge is 2.15. The summed E-state index contributed by atoms with van der Waals surface area (Å²) < 4.78 is 32.2. The van der Waals surface area contributed by atoms with E-state index >= 15 is 0 Å². The van der Waals surface area contributed by atoms with E-state index < -0.39 is 11.6 Å². The van der Waals surface area contributed by atoms with Crippen LogP contribution in [0.4, 0.5) is 26.1 Å². The molecular formula is C16H18F2N4O. The maximum absolute atomic E-state index is 13.7. The average Bonchev–Trinajstić information content (AvgIpc) is 3.01. The van der Waals surface area contributed by atoms with Gasteiger partial charge in [-0.25, -0.2) is 18.7 Å².